The van der Waals surface area contributed by atoms with Crippen LogP contribution in [0.15, 0.2) is 46.2 Å². The second-order valence-electron chi connectivity index (χ2n) is 4.98. The Morgan fingerprint density at radius 1 is 0.577 bits per heavy atom. The van der Waals surface area contributed by atoms with Gasteiger partial charge in [-0.05, 0) is 36.4 Å². The number of ketones is 2. The van der Waals surface area contributed by atoms with Crippen LogP contribution in [0.2, 0.25) is 0 Å². The molecule has 3 rings (SSSR count). The van der Waals surface area contributed by atoms with Gasteiger partial charge in [0.25, 0.3) is 0 Å². The molecule has 0 saturated carbocycles. The van der Waals surface area contributed by atoms with Crippen molar-refractivity contribution in [2.45, 2.75) is 9.79 Å². The van der Waals surface area contributed by atoms with Crippen LogP contribution >= 0.6 is 0 Å². The molecule has 0 atom stereocenters. The minimum Gasteiger partial charge on any atom is -0.744 e. The van der Waals surface area contributed by atoms with E-state index in [4.69, 9.17) is 0 Å². The first-order valence-corrected chi connectivity index (χ1v) is 9.11. The Hall–Kier alpha value is 1.21. The van der Waals surface area contributed by atoms with E-state index < -0.39 is 41.6 Å². The molecule has 0 saturated heterocycles. The maximum atomic E-state index is 12.4. The van der Waals surface area contributed by atoms with Gasteiger partial charge in [-0.1, -0.05) is 0 Å². The van der Waals surface area contributed by atoms with Crippen molar-refractivity contribution >= 4 is 31.8 Å². The second kappa shape index (κ2) is 8.92. The fourth-order valence-corrected chi connectivity index (χ4v) is 3.41. The normalized spacial score (nSPS) is 13.2. The molecule has 0 spiro atoms. The van der Waals surface area contributed by atoms with Crippen molar-refractivity contribution < 1.29 is 152 Å². The summed E-state index contributed by atoms with van der Waals surface area (Å²) >= 11 is 0. The van der Waals surface area contributed by atoms with Gasteiger partial charge in [0.15, 0.2) is 11.6 Å². The number of rotatable bonds is 2. The summed E-state index contributed by atoms with van der Waals surface area (Å²) in [6.07, 6.45) is 0. The second-order valence-corrected chi connectivity index (χ2v) is 7.74. The zero-order chi connectivity index (χ0) is 17.9. The summed E-state index contributed by atoms with van der Waals surface area (Å²) in [4.78, 5) is 23.5. The van der Waals surface area contributed by atoms with Crippen LogP contribution in [-0.4, -0.2) is 37.5 Å². The molecule has 12 heteroatoms. The summed E-state index contributed by atoms with van der Waals surface area (Å²) in [6.45, 7) is 0. The third-order valence-corrected chi connectivity index (χ3v) is 5.20. The number of hydrogen-bond donors (Lipinski definition) is 0. The van der Waals surface area contributed by atoms with E-state index >= 15 is 0 Å². The first-order chi connectivity index (χ1) is 11.0. The van der Waals surface area contributed by atoms with E-state index in [0.29, 0.717) is 0 Å². The first kappa shape index (κ1) is 25.2. The molecule has 0 N–H and O–H groups in total. The minimum absolute atomic E-state index is 0. The fourth-order valence-electron chi connectivity index (χ4n) is 2.42. The summed E-state index contributed by atoms with van der Waals surface area (Å²) in [6, 6.07) is 5.37. The quantitative estimate of drug-likeness (QED) is 0.294. The number of benzene rings is 2. The van der Waals surface area contributed by atoms with E-state index in [1.807, 2.05) is 0 Å². The summed E-state index contributed by atoms with van der Waals surface area (Å²) in [5.74, 6) is -1.50. The van der Waals surface area contributed by atoms with E-state index in [-0.39, 0.29) is 139 Å². The van der Waals surface area contributed by atoms with Crippen molar-refractivity contribution in [2.75, 3.05) is 0 Å². The molecule has 0 heterocycles. The van der Waals surface area contributed by atoms with Gasteiger partial charge in [-0.15, -0.1) is 0 Å². The van der Waals surface area contributed by atoms with Gasteiger partial charge < -0.3 is 9.11 Å². The van der Waals surface area contributed by atoms with Crippen molar-refractivity contribution in [2.24, 2.45) is 0 Å². The molecule has 2 aromatic carbocycles. The molecule has 8 nitrogen and oxygen atoms in total. The summed E-state index contributed by atoms with van der Waals surface area (Å²) < 4.78 is 66.3. The smallest absolute Gasteiger partial charge is 0.744 e. The van der Waals surface area contributed by atoms with Gasteiger partial charge in [-0.3, -0.25) is 9.59 Å². The predicted molar refractivity (Wildman–Crippen MR) is 75.7 cm³/mol. The van der Waals surface area contributed by atoms with Crippen LogP contribution in [0.1, 0.15) is 31.8 Å². The molecule has 0 aliphatic heterocycles. The van der Waals surface area contributed by atoms with Crippen LogP contribution in [0.25, 0.3) is 0 Å². The first-order valence-electron chi connectivity index (χ1n) is 6.29. The largest absolute Gasteiger partial charge is 1.00 e. The Morgan fingerprint density at radius 3 is 1.15 bits per heavy atom. The molecule has 0 unspecified atom stereocenters. The van der Waals surface area contributed by atoms with Crippen LogP contribution in [0, 0.1) is 0 Å². The van der Waals surface area contributed by atoms with E-state index in [1.165, 1.54) is 0 Å². The van der Waals surface area contributed by atoms with Gasteiger partial charge in [0, 0.05) is 22.3 Å². The average Bonchev–Trinajstić information content (AvgIpc) is 2.49. The monoisotopic (exact) mass is 536 g/mol. The number of fused-ring (bicyclic) bond motifs is 2. The Balaban J connectivity index is 0.00000169. The molecule has 0 amide bonds. The number of hydrogen-bond acceptors (Lipinski definition) is 8. The van der Waals surface area contributed by atoms with Crippen molar-refractivity contribution in [3.63, 3.8) is 0 Å². The zero-order valence-corrected chi connectivity index (χ0v) is 25.0. The summed E-state index contributed by atoms with van der Waals surface area (Å²) in [5, 5.41) is 0. The maximum absolute atomic E-state index is 12.4. The molecule has 2 aromatic rings. The SMILES string of the molecule is O=C1c2ccc(S(=O)(=O)[O-])cc2C(=O)c2ccc(S(=O)(=O)[O-])cc21.[Rb+].[Rb+]. The van der Waals surface area contributed by atoms with Crippen molar-refractivity contribution in [3.05, 3.63) is 58.7 Å². The number of carbonyl (C=O) groups is 2. The molecule has 1 aliphatic carbocycles. The van der Waals surface area contributed by atoms with E-state index in [2.05, 4.69) is 0 Å². The van der Waals surface area contributed by atoms with E-state index in [1.54, 1.807) is 0 Å². The van der Waals surface area contributed by atoms with Crippen LogP contribution in [0.3, 0.4) is 0 Å². The molecule has 0 fully saturated rings. The topological polar surface area (TPSA) is 149 Å². The van der Waals surface area contributed by atoms with Crippen molar-refractivity contribution in [3.8, 4) is 0 Å². The Bertz CT molecular complexity index is 1050. The van der Waals surface area contributed by atoms with Crippen molar-refractivity contribution in [1.82, 2.24) is 0 Å². The standard InChI is InChI=1S/C14H8O8S2.2Rb/c15-13-9-3-1-7(23(17,18)19)5-11(9)14(16)10-4-2-8(6-12(10)13)24(20,21)22;;/h1-6H,(H,17,18,19)(H,20,21,22);;/q;2*+1/p-2. The molecular weight excluding hydrogens is 531 g/mol. The van der Waals surface area contributed by atoms with Crippen LogP contribution in [0.5, 0.6) is 0 Å². The fraction of sp³-hybridized carbons (Fsp3) is 0. The molecule has 0 radical (unpaired) electrons. The maximum Gasteiger partial charge on any atom is 1.00 e. The Morgan fingerprint density at radius 2 is 0.885 bits per heavy atom. The summed E-state index contributed by atoms with van der Waals surface area (Å²) in [7, 11) is -9.63. The van der Waals surface area contributed by atoms with Gasteiger partial charge in [0.1, 0.15) is 20.2 Å². The van der Waals surface area contributed by atoms with Crippen molar-refractivity contribution in [1.29, 1.82) is 0 Å². The summed E-state index contributed by atoms with van der Waals surface area (Å²) in [5.41, 5.74) is -0.912. The minimum atomic E-state index is -4.81. The molecule has 26 heavy (non-hydrogen) atoms. The number of carbonyl (C=O) groups excluding carboxylic acids is 2. The van der Waals surface area contributed by atoms with Gasteiger partial charge in [-0.2, -0.15) is 0 Å². The third kappa shape index (κ3) is 4.85. The third-order valence-electron chi connectivity index (χ3n) is 3.54. The molecule has 0 bridgehead atoms. The average molecular weight is 537 g/mol. The van der Waals surface area contributed by atoms with E-state index in [0.717, 1.165) is 36.4 Å². The Kier molecular flexibility index (Phi) is 8.66. The molecular formula is C14H6O8Rb2S2. The zero-order valence-electron chi connectivity index (χ0n) is 13.5. The van der Waals surface area contributed by atoms with Crippen LogP contribution < -0.4 is 116 Å². The van der Waals surface area contributed by atoms with E-state index in [9.17, 15) is 35.5 Å². The van der Waals surface area contributed by atoms with Gasteiger partial charge in [0.2, 0.25) is 0 Å². The predicted octanol–water partition coefficient (Wildman–Crippen LogP) is -5.72. The molecule has 0 aromatic heterocycles. The Labute approximate surface area is 246 Å². The van der Waals surface area contributed by atoms with Gasteiger partial charge in [0.05, 0.1) is 9.79 Å². The molecule has 124 valence electrons. The van der Waals surface area contributed by atoms with Gasteiger partial charge in [-0.25, -0.2) is 16.8 Å². The van der Waals surface area contributed by atoms with Gasteiger partial charge >= 0.3 is 116 Å². The molecule has 1 aliphatic rings. The van der Waals surface area contributed by atoms with Crippen LogP contribution in [-0.2, 0) is 20.2 Å². The van der Waals surface area contributed by atoms with Crippen LogP contribution in [0.4, 0.5) is 0 Å².